The van der Waals surface area contributed by atoms with Crippen molar-refractivity contribution >= 4 is 11.8 Å². The normalized spacial score (nSPS) is 23.9. The molecule has 2 aliphatic heterocycles. The molecule has 2 N–H and O–H groups in total. The molecule has 2 aliphatic rings. The van der Waals surface area contributed by atoms with Crippen molar-refractivity contribution in [3.63, 3.8) is 0 Å². The molecule has 2 fully saturated rings. The van der Waals surface area contributed by atoms with E-state index < -0.39 is 0 Å². The topological polar surface area (TPSA) is 68.0 Å². The number of benzene rings is 1. The van der Waals surface area contributed by atoms with Gasteiger partial charge in [-0.3, -0.25) is 0 Å². The molecule has 0 aliphatic carbocycles. The van der Waals surface area contributed by atoms with Gasteiger partial charge in [0.1, 0.15) is 5.82 Å². The number of nitrogens with two attached hydrogens (primary N) is 1. The molecule has 28 heavy (non-hydrogen) atoms. The second kappa shape index (κ2) is 9.56. The molecule has 2 heterocycles. The van der Waals surface area contributed by atoms with Gasteiger partial charge in [-0.15, -0.1) is 0 Å². The van der Waals surface area contributed by atoms with Gasteiger partial charge in [0.15, 0.2) is 0 Å². The highest BCUT2D eigenvalue weighted by molar-refractivity contribution is 5.68. The summed E-state index contributed by atoms with van der Waals surface area (Å²) in [6.45, 7) is 6.26. The summed E-state index contributed by atoms with van der Waals surface area (Å²) in [6, 6.07) is 6.61. The van der Waals surface area contributed by atoms with Crippen LogP contribution in [-0.4, -0.2) is 61.5 Å². The van der Waals surface area contributed by atoms with Gasteiger partial charge in [0.2, 0.25) is 0 Å². The minimum Gasteiger partial charge on any atom is -0.447 e. The average molecular weight is 394 g/mol. The number of carbonyl (C=O) groups is 1. The molecule has 6 nitrogen and oxygen atoms in total. The van der Waals surface area contributed by atoms with Crippen molar-refractivity contribution in [2.75, 3.05) is 31.1 Å². The number of piperidine rings is 2. The zero-order valence-corrected chi connectivity index (χ0v) is 16.9. The summed E-state index contributed by atoms with van der Waals surface area (Å²) in [7, 11) is 0. The zero-order valence-electron chi connectivity index (χ0n) is 16.9. The zero-order chi connectivity index (χ0) is 20.1. The first-order valence-corrected chi connectivity index (χ1v) is 10.3. The van der Waals surface area contributed by atoms with E-state index in [1.165, 1.54) is 6.07 Å². The smallest absolute Gasteiger partial charge is 0.410 e. The SMILES string of the molecule is CC(C)OC(=O)N1CCC[C@H](N)[C@@H]1COC1CCN(c2ccccc2F)CC1. The van der Waals surface area contributed by atoms with Crippen LogP contribution < -0.4 is 10.6 Å². The molecule has 0 saturated carbocycles. The molecule has 2 atom stereocenters. The molecular formula is C21H32FN3O3. The number of rotatable bonds is 5. The van der Waals surface area contributed by atoms with E-state index in [1.807, 2.05) is 26.0 Å². The Bertz CT molecular complexity index is 650. The molecule has 0 bridgehead atoms. The van der Waals surface area contributed by atoms with Gasteiger partial charge in [0.25, 0.3) is 0 Å². The lowest BCUT2D eigenvalue weighted by molar-refractivity contribution is -0.0223. The van der Waals surface area contributed by atoms with Gasteiger partial charge in [-0.1, -0.05) is 12.1 Å². The number of likely N-dealkylation sites (tertiary alicyclic amines) is 1. The molecule has 7 heteroatoms. The van der Waals surface area contributed by atoms with Crippen LogP contribution in [0.15, 0.2) is 24.3 Å². The minimum absolute atomic E-state index is 0.0973. The second-order valence-corrected chi connectivity index (χ2v) is 7.97. The number of anilines is 1. The fourth-order valence-electron chi connectivity index (χ4n) is 4.00. The molecule has 2 saturated heterocycles. The van der Waals surface area contributed by atoms with Crippen LogP contribution in [0.1, 0.15) is 39.5 Å². The van der Waals surface area contributed by atoms with Crippen LogP contribution in [-0.2, 0) is 9.47 Å². The van der Waals surface area contributed by atoms with E-state index in [0.717, 1.165) is 38.8 Å². The number of para-hydroxylation sites is 1. The first-order valence-electron chi connectivity index (χ1n) is 10.3. The van der Waals surface area contributed by atoms with Gasteiger partial charge in [-0.25, -0.2) is 9.18 Å². The number of nitrogens with zero attached hydrogens (tertiary/aromatic N) is 2. The maximum atomic E-state index is 14.0. The van der Waals surface area contributed by atoms with Crippen LogP contribution in [0.25, 0.3) is 0 Å². The predicted molar refractivity (Wildman–Crippen MR) is 107 cm³/mol. The summed E-state index contributed by atoms with van der Waals surface area (Å²) in [6.07, 6.45) is 3.04. The molecule has 0 radical (unpaired) electrons. The lowest BCUT2D eigenvalue weighted by Gasteiger charge is -2.40. The van der Waals surface area contributed by atoms with E-state index >= 15 is 0 Å². The maximum Gasteiger partial charge on any atom is 0.410 e. The molecule has 1 aromatic rings. The van der Waals surface area contributed by atoms with Gasteiger partial charge >= 0.3 is 6.09 Å². The highest BCUT2D eigenvalue weighted by Gasteiger charge is 2.34. The molecule has 1 amide bonds. The van der Waals surface area contributed by atoms with Crippen molar-refractivity contribution in [1.29, 1.82) is 0 Å². The largest absolute Gasteiger partial charge is 0.447 e. The highest BCUT2D eigenvalue weighted by Crippen LogP contribution is 2.25. The lowest BCUT2D eigenvalue weighted by atomic mass is 9.97. The second-order valence-electron chi connectivity index (χ2n) is 7.97. The summed E-state index contributed by atoms with van der Waals surface area (Å²) >= 11 is 0. The first kappa shape index (κ1) is 20.9. The van der Waals surface area contributed by atoms with Gasteiger partial charge in [0, 0.05) is 25.7 Å². The Labute approximate surface area is 166 Å². The number of amides is 1. The fraction of sp³-hybridized carbons (Fsp3) is 0.667. The van der Waals surface area contributed by atoms with Crippen molar-refractivity contribution in [3.8, 4) is 0 Å². The van der Waals surface area contributed by atoms with Gasteiger partial charge in [-0.05, 0) is 51.7 Å². The average Bonchev–Trinajstić information content (AvgIpc) is 2.67. The molecular weight excluding hydrogens is 361 g/mol. The van der Waals surface area contributed by atoms with E-state index in [2.05, 4.69) is 4.90 Å². The summed E-state index contributed by atoms with van der Waals surface area (Å²) in [5.74, 6) is -0.186. The molecule has 156 valence electrons. The Kier molecular flexibility index (Phi) is 7.13. The summed E-state index contributed by atoms with van der Waals surface area (Å²) in [4.78, 5) is 16.2. The summed E-state index contributed by atoms with van der Waals surface area (Å²) in [5.41, 5.74) is 6.94. The summed E-state index contributed by atoms with van der Waals surface area (Å²) < 4.78 is 25.5. The van der Waals surface area contributed by atoms with E-state index in [4.69, 9.17) is 15.2 Å². The number of hydrogen-bond acceptors (Lipinski definition) is 5. The van der Waals surface area contributed by atoms with Crippen molar-refractivity contribution in [2.45, 2.75) is 63.8 Å². The van der Waals surface area contributed by atoms with Crippen molar-refractivity contribution in [3.05, 3.63) is 30.1 Å². The molecule has 0 unspecified atom stereocenters. The Morgan fingerprint density at radius 1 is 1.21 bits per heavy atom. The van der Waals surface area contributed by atoms with Gasteiger partial charge in [-0.2, -0.15) is 0 Å². The predicted octanol–water partition coefficient (Wildman–Crippen LogP) is 3.15. The summed E-state index contributed by atoms with van der Waals surface area (Å²) in [5, 5.41) is 0. The van der Waals surface area contributed by atoms with Crippen molar-refractivity contribution in [1.82, 2.24) is 4.90 Å². The van der Waals surface area contributed by atoms with Crippen LogP contribution in [0.3, 0.4) is 0 Å². The van der Waals surface area contributed by atoms with Crippen LogP contribution in [0, 0.1) is 5.82 Å². The number of hydrogen-bond donors (Lipinski definition) is 1. The maximum absolute atomic E-state index is 14.0. The van der Waals surface area contributed by atoms with E-state index in [1.54, 1.807) is 11.0 Å². The van der Waals surface area contributed by atoms with Gasteiger partial charge in [0.05, 0.1) is 30.5 Å². The number of carbonyl (C=O) groups excluding carboxylic acids is 1. The fourth-order valence-corrected chi connectivity index (χ4v) is 4.00. The van der Waals surface area contributed by atoms with Gasteiger partial charge < -0.3 is 25.0 Å². The molecule has 1 aromatic carbocycles. The number of ether oxygens (including phenoxy) is 2. The minimum atomic E-state index is -0.312. The van der Waals surface area contributed by atoms with Crippen LogP contribution >= 0.6 is 0 Å². The molecule has 0 aromatic heterocycles. The molecule has 0 spiro atoms. The third kappa shape index (κ3) is 5.14. The highest BCUT2D eigenvalue weighted by atomic mass is 19.1. The lowest BCUT2D eigenvalue weighted by Crippen LogP contribution is -2.57. The Morgan fingerprint density at radius 2 is 1.93 bits per heavy atom. The Morgan fingerprint density at radius 3 is 2.61 bits per heavy atom. The van der Waals surface area contributed by atoms with Crippen LogP contribution in [0.4, 0.5) is 14.9 Å². The van der Waals surface area contributed by atoms with E-state index in [-0.39, 0.29) is 36.2 Å². The standard InChI is InChI=1S/C21H32FN3O3/c1-15(2)28-21(26)25-11-5-7-18(23)20(25)14-27-16-9-12-24(13-10-16)19-8-4-3-6-17(19)22/h3-4,6,8,15-16,18,20H,5,7,9-14,23H2,1-2H3/t18-,20-/m0/s1. The quantitative estimate of drug-likeness (QED) is 0.832. The van der Waals surface area contributed by atoms with Crippen LogP contribution in [0.2, 0.25) is 0 Å². The van der Waals surface area contributed by atoms with Crippen molar-refractivity contribution in [2.24, 2.45) is 5.73 Å². The Hall–Kier alpha value is -1.86. The number of halogens is 1. The van der Waals surface area contributed by atoms with E-state index in [9.17, 15) is 9.18 Å². The van der Waals surface area contributed by atoms with Crippen molar-refractivity contribution < 1.29 is 18.7 Å². The first-order chi connectivity index (χ1) is 13.5. The molecule has 3 rings (SSSR count). The third-order valence-corrected chi connectivity index (χ3v) is 5.54. The van der Waals surface area contributed by atoms with E-state index in [0.29, 0.717) is 18.8 Å². The monoisotopic (exact) mass is 393 g/mol. The third-order valence-electron chi connectivity index (χ3n) is 5.54. The van der Waals surface area contributed by atoms with Crippen LogP contribution in [0.5, 0.6) is 0 Å². The Balaban J connectivity index is 1.51.